The first-order chi connectivity index (χ1) is 13.3. The second-order valence-corrected chi connectivity index (χ2v) is 7.32. The molecule has 27 heavy (non-hydrogen) atoms. The van der Waals surface area contributed by atoms with Gasteiger partial charge in [-0.25, -0.2) is 5.48 Å². The minimum absolute atomic E-state index is 0.0636. The molecule has 1 rings (SSSR count). The van der Waals surface area contributed by atoms with Gasteiger partial charge in [-0.15, -0.1) is 0 Å². The normalized spacial score (nSPS) is 10.9. The van der Waals surface area contributed by atoms with Crippen molar-refractivity contribution in [2.45, 2.75) is 96.8 Å². The Kier molecular flexibility index (Phi) is 14.5. The number of phenolic OH excluding ortho intramolecular Hbond substituents is 1. The van der Waals surface area contributed by atoms with Crippen molar-refractivity contribution in [1.29, 1.82) is 0 Å². The van der Waals surface area contributed by atoms with Gasteiger partial charge in [-0.2, -0.15) is 0 Å². The molecule has 1 aromatic rings. The maximum atomic E-state index is 11.8. The summed E-state index contributed by atoms with van der Waals surface area (Å²) in [6.07, 6.45) is 18.4. The van der Waals surface area contributed by atoms with Gasteiger partial charge in [0, 0.05) is 0 Å². The number of aromatic hydroxyl groups is 1. The molecule has 0 aliphatic rings. The molecular weight excluding hydrogens is 338 g/mol. The number of benzene rings is 1. The number of hydrogen-bond acceptors (Lipinski definition) is 3. The van der Waals surface area contributed by atoms with Gasteiger partial charge in [-0.1, -0.05) is 96.5 Å². The fourth-order valence-corrected chi connectivity index (χ4v) is 3.14. The highest BCUT2D eigenvalue weighted by molar-refractivity contribution is 5.95. The van der Waals surface area contributed by atoms with Gasteiger partial charge < -0.3 is 5.11 Å². The van der Waals surface area contributed by atoms with Crippen molar-refractivity contribution in [3.63, 3.8) is 0 Å². The monoisotopic (exact) mass is 376 g/mol. The molecule has 153 valence electrons. The van der Waals surface area contributed by atoms with Crippen LogP contribution in [0.3, 0.4) is 0 Å². The summed E-state index contributed by atoms with van der Waals surface area (Å²) >= 11 is 0. The Morgan fingerprint density at radius 3 is 1.96 bits per heavy atom. The highest BCUT2D eigenvalue weighted by atomic mass is 16.6. The molecule has 0 saturated carbocycles. The first-order valence-corrected chi connectivity index (χ1v) is 10.9. The molecule has 1 radical (unpaired) electrons. The van der Waals surface area contributed by atoms with E-state index in [0.29, 0.717) is 6.61 Å². The van der Waals surface area contributed by atoms with Gasteiger partial charge in [0.1, 0.15) is 5.75 Å². The molecule has 0 atom stereocenters. The third kappa shape index (κ3) is 12.5. The lowest BCUT2D eigenvalue weighted by atomic mass is 10.0. The molecule has 0 spiro atoms. The van der Waals surface area contributed by atoms with Crippen LogP contribution >= 0.6 is 0 Å². The molecule has 4 nitrogen and oxygen atoms in total. The molecule has 0 aromatic heterocycles. The standard InChI is InChI=1S/C23H38NO3/c1-2-3-4-5-6-7-8-9-10-11-12-13-14-17-20-27-24-23(26)21-18-15-16-19-22(21)25/h16,18-19,25H,2-14,17,20H2,1H3,(H,24,26). The van der Waals surface area contributed by atoms with Crippen molar-refractivity contribution in [2.24, 2.45) is 0 Å². The Morgan fingerprint density at radius 1 is 0.926 bits per heavy atom. The molecule has 0 heterocycles. The predicted molar refractivity (Wildman–Crippen MR) is 111 cm³/mol. The molecule has 4 heteroatoms. The quantitative estimate of drug-likeness (QED) is 0.246. The summed E-state index contributed by atoms with van der Waals surface area (Å²) in [4.78, 5) is 17.0. The molecular formula is C23H38NO3. The molecule has 0 aliphatic heterocycles. The van der Waals surface area contributed by atoms with Gasteiger partial charge in [0.15, 0.2) is 0 Å². The number of carbonyl (C=O) groups excluding carboxylic acids is 1. The van der Waals surface area contributed by atoms with Crippen molar-refractivity contribution in [3.05, 3.63) is 29.8 Å². The zero-order valence-electron chi connectivity index (χ0n) is 17.1. The van der Waals surface area contributed by atoms with Gasteiger partial charge in [-0.05, 0) is 24.6 Å². The van der Waals surface area contributed by atoms with Crippen LogP contribution < -0.4 is 5.48 Å². The molecule has 0 fully saturated rings. The molecule has 2 N–H and O–H groups in total. The largest absolute Gasteiger partial charge is 0.507 e. The Morgan fingerprint density at radius 2 is 1.44 bits per heavy atom. The second kappa shape index (κ2) is 16.6. The number of amides is 1. The Labute approximate surface area is 165 Å². The summed E-state index contributed by atoms with van der Waals surface area (Å²) in [5.41, 5.74) is 2.55. The number of rotatable bonds is 17. The van der Waals surface area contributed by atoms with Crippen LogP contribution in [-0.2, 0) is 4.84 Å². The minimum atomic E-state index is -0.435. The van der Waals surface area contributed by atoms with Crippen LogP contribution in [0.2, 0.25) is 0 Å². The zero-order chi connectivity index (χ0) is 19.6. The van der Waals surface area contributed by atoms with E-state index in [4.69, 9.17) is 4.84 Å². The van der Waals surface area contributed by atoms with E-state index in [0.717, 1.165) is 12.8 Å². The lowest BCUT2D eigenvalue weighted by Gasteiger charge is -2.07. The maximum absolute atomic E-state index is 11.8. The lowest BCUT2D eigenvalue weighted by molar-refractivity contribution is 0.0295. The average molecular weight is 377 g/mol. The van der Waals surface area contributed by atoms with Gasteiger partial charge in [0.05, 0.1) is 12.2 Å². The number of unbranched alkanes of at least 4 members (excludes halogenated alkanes) is 13. The van der Waals surface area contributed by atoms with E-state index in [1.807, 2.05) is 0 Å². The first kappa shape index (κ1) is 23.5. The molecule has 0 aliphatic carbocycles. The summed E-state index contributed by atoms with van der Waals surface area (Å²) in [6, 6.07) is 7.20. The smallest absolute Gasteiger partial charge is 0.278 e. The fourth-order valence-electron chi connectivity index (χ4n) is 3.14. The number of hydrogen-bond donors (Lipinski definition) is 2. The van der Waals surface area contributed by atoms with Crippen LogP contribution in [-0.4, -0.2) is 17.6 Å². The molecule has 0 saturated heterocycles. The summed E-state index contributed by atoms with van der Waals surface area (Å²) < 4.78 is 0. The van der Waals surface area contributed by atoms with Crippen LogP contribution in [0.25, 0.3) is 0 Å². The van der Waals surface area contributed by atoms with E-state index in [2.05, 4.69) is 18.5 Å². The predicted octanol–water partition coefficient (Wildman–Crippen LogP) is 6.34. The van der Waals surface area contributed by atoms with Gasteiger partial charge >= 0.3 is 0 Å². The highest BCUT2D eigenvalue weighted by Gasteiger charge is 2.09. The van der Waals surface area contributed by atoms with E-state index in [9.17, 15) is 9.90 Å². The molecule has 1 aromatic carbocycles. The first-order valence-electron chi connectivity index (χ1n) is 10.9. The number of carbonyl (C=O) groups is 1. The summed E-state index contributed by atoms with van der Waals surface area (Å²) in [6.45, 7) is 2.77. The van der Waals surface area contributed by atoms with E-state index in [1.165, 1.54) is 89.2 Å². The van der Waals surface area contributed by atoms with Crippen LogP contribution in [0.5, 0.6) is 5.75 Å². The lowest BCUT2D eigenvalue weighted by Crippen LogP contribution is -2.24. The summed E-state index contributed by atoms with van der Waals surface area (Å²) in [7, 11) is 0. The third-order valence-electron chi connectivity index (χ3n) is 4.85. The molecule has 0 unspecified atom stereocenters. The Bertz CT molecular complexity index is 490. The Balaban J connectivity index is 1.82. The van der Waals surface area contributed by atoms with Crippen LogP contribution in [0, 0.1) is 6.07 Å². The molecule has 0 bridgehead atoms. The van der Waals surface area contributed by atoms with Gasteiger partial charge in [0.25, 0.3) is 5.91 Å². The topological polar surface area (TPSA) is 58.6 Å². The summed E-state index contributed by atoms with van der Waals surface area (Å²) in [5, 5.41) is 9.58. The van der Waals surface area contributed by atoms with Crippen molar-refractivity contribution in [1.82, 2.24) is 5.48 Å². The SMILES string of the molecule is CCCCCCCCCCCCCCCCONC(=O)c1c[c]ccc1O. The van der Waals surface area contributed by atoms with Gasteiger partial charge in [-0.3, -0.25) is 9.63 Å². The van der Waals surface area contributed by atoms with E-state index < -0.39 is 5.91 Å². The second-order valence-electron chi connectivity index (χ2n) is 7.32. The Hall–Kier alpha value is -1.55. The number of phenols is 1. The fraction of sp³-hybridized carbons (Fsp3) is 0.696. The zero-order valence-corrected chi connectivity index (χ0v) is 17.1. The van der Waals surface area contributed by atoms with Crippen LogP contribution in [0.4, 0.5) is 0 Å². The van der Waals surface area contributed by atoms with Crippen molar-refractivity contribution >= 4 is 5.91 Å². The third-order valence-corrected chi connectivity index (χ3v) is 4.85. The van der Waals surface area contributed by atoms with Crippen LogP contribution in [0.1, 0.15) is 107 Å². The van der Waals surface area contributed by atoms with Crippen LogP contribution in [0.15, 0.2) is 18.2 Å². The molecule has 1 amide bonds. The van der Waals surface area contributed by atoms with Crippen molar-refractivity contribution < 1.29 is 14.7 Å². The van der Waals surface area contributed by atoms with E-state index >= 15 is 0 Å². The highest BCUT2D eigenvalue weighted by Crippen LogP contribution is 2.15. The number of nitrogens with one attached hydrogen (secondary N) is 1. The summed E-state index contributed by atoms with van der Waals surface area (Å²) in [5.74, 6) is -0.499. The van der Waals surface area contributed by atoms with Crippen molar-refractivity contribution in [3.8, 4) is 5.75 Å². The van der Waals surface area contributed by atoms with Gasteiger partial charge in [0.2, 0.25) is 0 Å². The maximum Gasteiger partial charge on any atom is 0.278 e. The van der Waals surface area contributed by atoms with E-state index in [-0.39, 0.29) is 11.3 Å². The minimum Gasteiger partial charge on any atom is -0.507 e. The average Bonchev–Trinajstić information content (AvgIpc) is 2.68. The van der Waals surface area contributed by atoms with E-state index in [1.54, 1.807) is 6.07 Å². The number of hydroxylamine groups is 1. The van der Waals surface area contributed by atoms with Crippen molar-refractivity contribution in [2.75, 3.05) is 6.61 Å².